The molecule has 1 aromatic carbocycles. The van der Waals surface area contributed by atoms with Crippen molar-refractivity contribution in [3.8, 4) is 0 Å². The molecule has 0 heterocycles. The van der Waals surface area contributed by atoms with Gasteiger partial charge < -0.3 is 5.32 Å². The molecule has 96 valence electrons. The Hall–Kier alpha value is -0.560. The van der Waals surface area contributed by atoms with E-state index in [4.69, 9.17) is 23.2 Å². The summed E-state index contributed by atoms with van der Waals surface area (Å²) < 4.78 is 38.3. The molecule has 0 aliphatic carbocycles. The predicted octanol–water partition coefficient (Wildman–Crippen LogP) is 2.09. The van der Waals surface area contributed by atoms with Gasteiger partial charge in [-0.05, 0) is 19.2 Å². The summed E-state index contributed by atoms with van der Waals surface area (Å²) in [4.78, 5) is 0. The van der Waals surface area contributed by atoms with Crippen LogP contribution >= 0.6 is 23.2 Å². The van der Waals surface area contributed by atoms with Gasteiger partial charge in [-0.25, -0.2) is 12.8 Å². The van der Waals surface area contributed by atoms with E-state index in [9.17, 15) is 12.8 Å². The van der Waals surface area contributed by atoms with E-state index in [2.05, 4.69) is 10.0 Å². The maximum atomic E-state index is 12.9. The molecule has 0 aromatic heterocycles. The van der Waals surface area contributed by atoms with E-state index >= 15 is 0 Å². The second-order valence-corrected chi connectivity index (χ2v) is 5.93. The molecule has 0 unspecified atom stereocenters. The summed E-state index contributed by atoms with van der Waals surface area (Å²) in [7, 11) is -1.93. The molecular formula is C9H11Cl2FN2O2S. The lowest BCUT2D eigenvalue weighted by molar-refractivity contribution is 0.598. The maximum Gasteiger partial charge on any atom is 0.234 e. The smallest absolute Gasteiger partial charge is 0.234 e. The van der Waals surface area contributed by atoms with Gasteiger partial charge >= 0.3 is 0 Å². The first-order valence-electron chi connectivity index (χ1n) is 4.65. The number of anilines is 1. The predicted molar refractivity (Wildman–Crippen MR) is 67.8 cm³/mol. The largest absolute Gasteiger partial charge is 0.319 e. The fraction of sp³-hybridized carbons (Fsp3) is 0.333. The van der Waals surface area contributed by atoms with Gasteiger partial charge in [-0.15, -0.1) is 0 Å². The Labute approximate surface area is 109 Å². The van der Waals surface area contributed by atoms with Crippen LogP contribution in [-0.2, 0) is 10.0 Å². The summed E-state index contributed by atoms with van der Waals surface area (Å²) in [5.41, 5.74) is -0.00848. The van der Waals surface area contributed by atoms with Gasteiger partial charge in [0.1, 0.15) is 5.82 Å². The van der Waals surface area contributed by atoms with E-state index in [1.54, 1.807) is 7.05 Å². The van der Waals surface area contributed by atoms with Crippen molar-refractivity contribution in [1.29, 1.82) is 0 Å². The zero-order chi connectivity index (χ0) is 13.1. The van der Waals surface area contributed by atoms with Crippen molar-refractivity contribution in [3.05, 3.63) is 28.0 Å². The number of sulfonamides is 1. The summed E-state index contributed by atoms with van der Waals surface area (Å²) >= 11 is 11.4. The number of hydrogen-bond acceptors (Lipinski definition) is 3. The molecule has 8 heteroatoms. The molecule has 0 saturated carbocycles. The maximum absolute atomic E-state index is 12.9. The van der Waals surface area contributed by atoms with Crippen LogP contribution in [0, 0.1) is 5.82 Å². The Kier molecular flexibility index (Phi) is 5.00. The van der Waals surface area contributed by atoms with E-state index in [0.717, 1.165) is 12.1 Å². The van der Waals surface area contributed by atoms with Crippen LogP contribution in [0.15, 0.2) is 12.1 Å². The summed E-state index contributed by atoms with van der Waals surface area (Å²) in [5.74, 6) is -0.758. The molecule has 0 fully saturated rings. The molecule has 17 heavy (non-hydrogen) atoms. The fourth-order valence-electron chi connectivity index (χ4n) is 1.08. The van der Waals surface area contributed by atoms with Crippen molar-refractivity contribution in [2.45, 2.75) is 0 Å². The second-order valence-electron chi connectivity index (χ2n) is 3.27. The molecule has 0 bridgehead atoms. The van der Waals surface area contributed by atoms with Crippen molar-refractivity contribution >= 4 is 38.9 Å². The lowest BCUT2D eigenvalue weighted by Crippen LogP contribution is -2.24. The molecule has 1 rings (SSSR count). The third-order valence-corrected chi connectivity index (χ3v) is 3.74. The third kappa shape index (κ3) is 4.31. The van der Waals surface area contributed by atoms with Crippen LogP contribution in [0.3, 0.4) is 0 Å². The van der Waals surface area contributed by atoms with E-state index < -0.39 is 15.8 Å². The van der Waals surface area contributed by atoms with Crippen LogP contribution in [0.2, 0.25) is 10.0 Å². The molecular weight excluding hydrogens is 290 g/mol. The number of halogens is 3. The molecule has 1 aromatic rings. The minimum atomic E-state index is -3.56. The number of hydrogen-bond donors (Lipinski definition) is 2. The molecule has 0 radical (unpaired) electrons. The van der Waals surface area contributed by atoms with Gasteiger partial charge in [-0.2, -0.15) is 0 Å². The van der Waals surface area contributed by atoms with Crippen LogP contribution in [0.5, 0.6) is 0 Å². The van der Waals surface area contributed by atoms with Crippen LogP contribution in [0.1, 0.15) is 0 Å². The van der Waals surface area contributed by atoms with Crippen molar-refractivity contribution in [3.63, 3.8) is 0 Å². The highest BCUT2D eigenvalue weighted by Crippen LogP contribution is 2.32. The zero-order valence-electron chi connectivity index (χ0n) is 8.93. The average molecular weight is 301 g/mol. The van der Waals surface area contributed by atoms with Gasteiger partial charge in [0.15, 0.2) is 0 Å². The summed E-state index contributed by atoms with van der Waals surface area (Å²) in [6.45, 7) is 0.283. The Morgan fingerprint density at radius 2 is 1.82 bits per heavy atom. The molecule has 4 nitrogen and oxygen atoms in total. The Morgan fingerprint density at radius 3 is 2.29 bits per heavy atom. The Bertz CT molecular complexity index is 485. The Balaban J connectivity index is 2.96. The summed E-state index contributed by atoms with van der Waals surface area (Å²) in [6.07, 6.45) is 0. The number of benzene rings is 1. The highest BCUT2D eigenvalue weighted by molar-refractivity contribution is 7.92. The van der Waals surface area contributed by atoms with Gasteiger partial charge in [0.2, 0.25) is 10.0 Å². The van der Waals surface area contributed by atoms with Crippen LogP contribution in [-0.4, -0.2) is 27.8 Å². The molecule has 0 spiro atoms. The monoisotopic (exact) mass is 300 g/mol. The first-order valence-corrected chi connectivity index (χ1v) is 7.06. The van der Waals surface area contributed by atoms with E-state index in [1.165, 1.54) is 0 Å². The minimum absolute atomic E-state index is 0.00848. The highest BCUT2D eigenvalue weighted by atomic mass is 35.5. The van der Waals surface area contributed by atoms with E-state index in [1.807, 2.05) is 0 Å². The average Bonchev–Trinajstić information content (AvgIpc) is 2.21. The van der Waals surface area contributed by atoms with Crippen molar-refractivity contribution in [2.75, 3.05) is 24.1 Å². The first kappa shape index (κ1) is 14.5. The molecule has 0 aliphatic heterocycles. The van der Waals surface area contributed by atoms with E-state index in [0.29, 0.717) is 0 Å². The Morgan fingerprint density at radius 1 is 1.29 bits per heavy atom. The number of rotatable bonds is 5. The van der Waals surface area contributed by atoms with Crippen LogP contribution in [0.25, 0.3) is 0 Å². The normalized spacial score (nSPS) is 11.5. The minimum Gasteiger partial charge on any atom is -0.319 e. The summed E-state index contributed by atoms with van der Waals surface area (Å²) in [6, 6.07) is 1.98. The third-order valence-electron chi connectivity index (χ3n) is 1.89. The topological polar surface area (TPSA) is 58.2 Å². The van der Waals surface area contributed by atoms with Gasteiger partial charge in [0, 0.05) is 6.54 Å². The van der Waals surface area contributed by atoms with Gasteiger partial charge in [-0.1, -0.05) is 23.2 Å². The molecule has 0 atom stereocenters. The van der Waals surface area contributed by atoms with Gasteiger partial charge in [0.25, 0.3) is 0 Å². The van der Waals surface area contributed by atoms with Crippen molar-refractivity contribution in [1.82, 2.24) is 5.32 Å². The molecule has 2 N–H and O–H groups in total. The SMILES string of the molecule is CNCCS(=O)(=O)Nc1c(Cl)cc(F)cc1Cl. The summed E-state index contributed by atoms with van der Waals surface area (Å²) in [5, 5.41) is 2.54. The lowest BCUT2D eigenvalue weighted by Gasteiger charge is -2.11. The van der Waals surface area contributed by atoms with Crippen molar-refractivity contribution in [2.24, 2.45) is 0 Å². The number of nitrogens with one attached hydrogen (secondary N) is 2. The standard InChI is InChI=1S/C9H11Cl2FN2O2S/c1-13-2-3-17(15,16)14-9-7(10)4-6(12)5-8(9)11/h4-5,13-14H,2-3H2,1H3. The van der Waals surface area contributed by atoms with Crippen LogP contribution < -0.4 is 10.0 Å². The second kappa shape index (κ2) is 5.86. The van der Waals surface area contributed by atoms with Crippen molar-refractivity contribution < 1.29 is 12.8 Å². The van der Waals surface area contributed by atoms with Gasteiger partial charge in [-0.3, -0.25) is 4.72 Å². The van der Waals surface area contributed by atoms with Crippen LogP contribution in [0.4, 0.5) is 10.1 Å². The quantitative estimate of drug-likeness (QED) is 0.875. The molecule has 0 amide bonds. The first-order chi connectivity index (χ1) is 7.85. The fourth-order valence-corrected chi connectivity index (χ4v) is 2.86. The lowest BCUT2D eigenvalue weighted by atomic mass is 10.3. The molecule has 0 aliphatic rings. The van der Waals surface area contributed by atoms with Gasteiger partial charge in [0.05, 0.1) is 21.5 Å². The van der Waals surface area contributed by atoms with E-state index in [-0.39, 0.29) is 28.0 Å². The zero-order valence-corrected chi connectivity index (χ0v) is 11.3. The molecule has 0 saturated heterocycles. The highest BCUT2D eigenvalue weighted by Gasteiger charge is 2.15.